The van der Waals surface area contributed by atoms with Crippen molar-refractivity contribution in [3.05, 3.63) is 283 Å². The van der Waals surface area contributed by atoms with Gasteiger partial charge < -0.3 is 13.3 Å². The van der Waals surface area contributed by atoms with Gasteiger partial charge in [-0.1, -0.05) is 271 Å². The molecule has 14 rings (SSSR count). The second-order valence-electron chi connectivity index (χ2n) is 31.1. The van der Waals surface area contributed by atoms with Crippen molar-refractivity contribution in [2.45, 2.75) is 112 Å². The lowest BCUT2D eigenvalue weighted by atomic mass is 9.86. The molecule has 10 aromatic carbocycles. The minimum absolute atomic E-state index is 0.0868. The van der Waals surface area contributed by atoms with E-state index in [4.69, 9.17) is 19.7 Å². The quantitative estimate of drug-likeness (QED) is 0.114. The van der Waals surface area contributed by atoms with Gasteiger partial charge in [0.05, 0.1) is 0 Å². The molecule has 0 atom stereocenters. The van der Waals surface area contributed by atoms with Crippen LogP contribution in [0, 0.1) is 143 Å². The number of hydrogen-bond acceptors (Lipinski definition) is 11. The average molecular weight is 1570 g/mol. The lowest BCUT2D eigenvalue weighted by molar-refractivity contribution is 0.580. The molecule has 0 saturated carbocycles. The minimum Gasteiger partial charge on any atom is -0.416 e. The first kappa shape index (κ1) is 85.4. The summed E-state index contributed by atoms with van der Waals surface area (Å²) in [5, 5.41) is 34.7. The number of rotatable bonds is 11. The van der Waals surface area contributed by atoms with Crippen LogP contribution in [0.1, 0.15) is 112 Å². The van der Waals surface area contributed by atoms with Gasteiger partial charge in [0.25, 0.3) is 0 Å². The summed E-state index contributed by atoms with van der Waals surface area (Å²) >= 11 is 0. The number of nitrogens with zero attached hydrogens (tertiary/aromatic N) is 9. The minimum atomic E-state index is 0.0868. The predicted molar refractivity (Wildman–Crippen MR) is 487 cm³/mol. The molecule has 0 fully saturated rings. The van der Waals surface area contributed by atoms with Crippen molar-refractivity contribution in [3.63, 3.8) is 0 Å². The zero-order chi connectivity index (χ0) is 85.5. The van der Waals surface area contributed by atoms with E-state index in [-0.39, 0.29) is 21.7 Å². The second kappa shape index (κ2) is 41.2. The van der Waals surface area contributed by atoms with E-state index in [9.17, 15) is 0 Å². The SMILES string of the molecule is C#CC#CC#CC#CC#CC#CC#CC#CC#CC#CC#CC#CC.CC(C)(C)c1ccc(-c2nnc(-c3ccc(-c4ccccc4)cc3)n2-c2ccccc2)cc1.CC(C)(C)c1ccc(-c2nnc(-c3ccc(-c4ccccc4)cc3)o2)cc1.CC(C)(C)c1ccc(-c2nnc(-c3cccc(-c4nnc(-c5ccc(C(C)(C)C)cc5)o4)c3)o2)cc1. The molecule has 0 aliphatic heterocycles. The zero-order valence-electron chi connectivity index (χ0n) is 69.7. The van der Waals surface area contributed by atoms with Crippen LogP contribution in [0.2, 0.25) is 0 Å². The Morgan fingerprint density at radius 2 is 0.438 bits per heavy atom. The first-order valence-electron chi connectivity index (χ1n) is 38.8. The molecular weight excluding hydrogens is 1480 g/mol. The Hall–Kier alpha value is -16.5. The number of para-hydroxylation sites is 1. The first-order chi connectivity index (χ1) is 58.5. The summed E-state index contributed by atoms with van der Waals surface area (Å²) in [5.74, 6) is 61.5. The molecule has 12 heteroatoms. The molecule has 4 aromatic heterocycles. The van der Waals surface area contributed by atoms with Gasteiger partial charge in [-0.2, -0.15) is 0 Å². The van der Waals surface area contributed by atoms with Gasteiger partial charge in [0.1, 0.15) is 0 Å². The van der Waals surface area contributed by atoms with Crippen molar-refractivity contribution in [2.75, 3.05) is 0 Å². The van der Waals surface area contributed by atoms with Gasteiger partial charge in [0, 0.05) is 85.7 Å². The molecule has 0 spiro atoms. The molecule has 0 radical (unpaired) electrons. The summed E-state index contributed by atoms with van der Waals surface area (Å²) in [7, 11) is 0. The van der Waals surface area contributed by atoms with Crippen LogP contribution in [0.25, 0.3) is 119 Å². The Morgan fingerprint density at radius 1 is 0.223 bits per heavy atom. The predicted octanol–water partition coefficient (Wildman–Crippen LogP) is 22.3. The molecule has 4 heterocycles. The summed E-state index contributed by atoms with van der Waals surface area (Å²) in [6, 6.07) is 88.9. The van der Waals surface area contributed by atoms with Crippen molar-refractivity contribution < 1.29 is 13.3 Å². The van der Waals surface area contributed by atoms with Crippen LogP contribution in [-0.4, -0.2) is 45.4 Å². The van der Waals surface area contributed by atoms with E-state index in [1.807, 2.05) is 115 Å². The van der Waals surface area contributed by atoms with E-state index in [1.165, 1.54) is 38.9 Å². The van der Waals surface area contributed by atoms with Gasteiger partial charge in [-0.25, -0.2) is 0 Å². The fourth-order valence-electron chi connectivity index (χ4n) is 11.7. The van der Waals surface area contributed by atoms with Gasteiger partial charge in [-0.15, -0.1) is 47.2 Å². The third kappa shape index (κ3) is 24.8. The molecule has 0 bridgehead atoms. The van der Waals surface area contributed by atoms with E-state index in [1.54, 1.807) is 6.92 Å². The monoisotopic (exact) mass is 1570 g/mol. The summed E-state index contributed by atoms with van der Waals surface area (Å²) in [4.78, 5) is 0. The summed E-state index contributed by atoms with van der Waals surface area (Å²) < 4.78 is 20.0. The molecule has 121 heavy (non-hydrogen) atoms. The third-order valence-corrected chi connectivity index (χ3v) is 18.2. The lowest BCUT2D eigenvalue weighted by Gasteiger charge is -2.19. The van der Waals surface area contributed by atoms with Crippen LogP contribution >= 0.6 is 0 Å². The molecule has 12 nitrogen and oxygen atoms in total. The van der Waals surface area contributed by atoms with E-state index in [2.05, 4.69) is 410 Å². The van der Waals surface area contributed by atoms with Crippen LogP contribution in [0.15, 0.2) is 274 Å². The summed E-state index contributed by atoms with van der Waals surface area (Å²) in [5.41, 5.74) is 18.5. The van der Waals surface area contributed by atoms with Gasteiger partial charge in [-0.3, -0.25) is 4.57 Å². The molecule has 0 saturated heterocycles. The number of hydrogen-bond donors (Lipinski definition) is 0. The van der Waals surface area contributed by atoms with Crippen molar-refractivity contribution >= 4 is 0 Å². The normalized spacial score (nSPS) is 10.1. The second-order valence-corrected chi connectivity index (χ2v) is 31.1. The molecule has 0 N–H and O–H groups in total. The van der Waals surface area contributed by atoms with Gasteiger partial charge in [0.15, 0.2) is 11.6 Å². The Labute approximate surface area is 711 Å². The number of aromatic nitrogens is 9. The molecule has 582 valence electrons. The van der Waals surface area contributed by atoms with E-state index >= 15 is 0 Å². The van der Waals surface area contributed by atoms with Gasteiger partial charge >= 0.3 is 0 Å². The molecule has 0 amide bonds. The third-order valence-electron chi connectivity index (χ3n) is 18.2. The first-order valence-corrected chi connectivity index (χ1v) is 38.8. The maximum absolute atomic E-state index is 6.00. The van der Waals surface area contributed by atoms with Crippen molar-refractivity contribution in [1.29, 1.82) is 0 Å². The molecular formula is C109H83N9O3. The van der Waals surface area contributed by atoms with Gasteiger partial charge in [-0.05, 0) is 247 Å². The topological polar surface area (TPSA) is 147 Å². The van der Waals surface area contributed by atoms with Gasteiger partial charge in [0.2, 0.25) is 35.3 Å². The molecule has 0 unspecified atom stereocenters. The zero-order valence-corrected chi connectivity index (χ0v) is 69.7. The Balaban J connectivity index is 0.000000159. The van der Waals surface area contributed by atoms with E-state index < -0.39 is 0 Å². The fourth-order valence-corrected chi connectivity index (χ4v) is 11.7. The molecule has 0 aliphatic rings. The van der Waals surface area contributed by atoms with Crippen LogP contribution in [0.5, 0.6) is 0 Å². The largest absolute Gasteiger partial charge is 0.416 e. The Kier molecular flexibility index (Phi) is 29.0. The van der Waals surface area contributed by atoms with Crippen LogP contribution in [-0.2, 0) is 21.7 Å². The van der Waals surface area contributed by atoms with E-state index in [0.29, 0.717) is 35.3 Å². The fraction of sp³-hybridized carbons (Fsp3) is 0.156. The lowest BCUT2D eigenvalue weighted by Crippen LogP contribution is -2.10. The highest BCUT2D eigenvalue weighted by Gasteiger charge is 2.23. The Bertz CT molecular complexity index is 6650. The summed E-state index contributed by atoms with van der Waals surface area (Å²) in [6.45, 7) is 28.1. The molecule has 0 aliphatic carbocycles. The highest BCUT2D eigenvalue weighted by atomic mass is 16.4. The van der Waals surface area contributed by atoms with Crippen LogP contribution in [0.3, 0.4) is 0 Å². The van der Waals surface area contributed by atoms with Crippen molar-refractivity contribution in [2.24, 2.45) is 0 Å². The highest BCUT2D eigenvalue weighted by molar-refractivity contribution is 5.73. The number of benzene rings is 10. The maximum Gasteiger partial charge on any atom is 0.248 e. The van der Waals surface area contributed by atoms with Crippen molar-refractivity contribution in [1.82, 2.24) is 45.4 Å². The van der Waals surface area contributed by atoms with Crippen LogP contribution < -0.4 is 0 Å². The standard InChI is InChI=1S/C30H30N4O2.C30H27N3.C25H4.C24H22N2O/c1-29(2,3)23-14-10-19(11-15-23)25-31-33-27(35-25)21-8-7-9-22(18-21)28-34-32-26(36-28)20-12-16-24(17-13-20)30(4,5)6;1-30(2,3)26-20-18-25(19-21-26)29-32-31-28(33(29)27-12-8-5-9-13-27)24-16-14-23(15-17-24)22-10-6-4-7-11-22;1-3-5-7-9-11-13-15-17-19-21-23-25-24-22-20-18-16-14-12-10-8-6-4-2;1-24(2,3)21-15-13-20(14-16-21)23-26-25-22(27-23)19-11-9-18(10-12-19)17-7-5-4-6-8-17/h7-18H,1-6H3;4-21H,1-3H3;1H,2H3;4-16H,1-3H3. The maximum atomic E-state index is 6.00. The molecule has 14 aromatic rings. The van der Waals surface area contributed by atoms with E-state index in [0.717, 1.165) is 67.4 Å². The summed E-state index contributed by atoms with van der Waals surface area (Å²) in [6.07, 6.45) is 4.91. The smallest absolute Gasteiger partial charge is 0.248 e. The average Bonchev–Trinajstić information content (AvgIpc) is 1.64. The highest BCUT2D eigenvalue weighted by Crippen LogP contribution is 2.36. The Morgan fingerprint density at radius 3 is 0.711 bits per heavy atom. The number of terminal acetylenes is 1. The van der Waals surface area contributed by atoms with Crippen LogP contribution in [0.4, 0.5) is 0 Å². The van der Waals surface area contributed by atoms with Crippen molar-refractivity contribution in [3.8, 4) is 262 Å².